The molecule has 4 heteroatoms. The number of rotatable bonds is 3. The van der Waals surface area contributed by atoms with Crippen molar-refractivity contribution < 1.29 is 18.6 Å². The van der Waals surface area contributed by atoms with Gasteiger partial charge in [-0.1, -0.05) is 6.07 Å². The first-order chi connectivity index (χ1) is 8.79. The van der Waals surface area contributed by atoms with Crippen LogP contribution in [0.15, 0.2) is 29.5 Å². The van der Waals surface area contributed by atoms with Gasteiger partial charge in [0, 0.05) is 0 Å². The van der Waals surface area contributed by atoms with Crippen molar-refractivity contribution in [3.05, 3.63) is 35.3 Å². The van der Waals surface area contributed by atoms with E-state index < -0.39 is 5.82 Å². The quantitative estimate of drug-likeness (QED) is 0.772. The molecule has 0 spiro atoms. The minimum absolute atomic E-state index is 0.187. The van der Waals surface area contributed by atoms with Crippen LogP contribution < -0.4 is 9.47 Å². The van der Waals surface area contributed by atoms with Gasteiger partial charge in [-0.25, -0.2) is 4.39 Å². The van der Waals surface area contributed by atoms with Gasteiger partial charge in [0.2, 0.25) is 0 Å². The molecule has 96 valence electrons. The van der Waals surface area contributed by atoms with Crippen LogP contribution in [0.3, 0.4) is 0 Å². The molecule has 1 aromatic rings. The summed E-state index contributed by atoms with van der Waals surface area (Å²) in [4.78, 5) is 0. The average molecular weight is 250 g/mol. The molecule has 0 N–H and O–H groups in total. The molecule has 1 fully saturated rings. The lowest BCUT2D eigenvalue weighted by Gasteiger charge is -2.28. The van der Waals surface area contributed by atoms with E-state index >= 15 is 0 Å². The molecule has 1 atom stereocenters. The van der Waals surface area contributed by atoms with Gasteiger partial charge in [-0.15, -0.1) is 0 Å². The smallest absolute Gasteiger partial charge is 0.198 e. The first-order valence-corrected chi connectivity index (χ1v) is 6.22. The molecule has 1 aliphatic carbocycles. The Balaban J connectivity index is 1.86. The van der Waals surface area contributed by atoms with Crippen LogP contribution in [0, 0.1) is 5.82 Å². The van der Waals surface area contributed by atoms with Crippen molar-refractivity contribution in [3.63, 3.8) is 0 Å². The van der Waals surface area contributed by atoms with E-state index in [0.29, 0.717) is 19.0 Å². The maximum absolute atomic E-state index is 13.6. The predicted octanol–water partition coefficient (Wildman–Crippen LogP) is 3.05. The standard InChI is InChI=1S/C14H15FO3/c1-2-16-13(9-6-7-9)12-8-17-11-5-3-4-10(15)14(11)18-12/h3-5,12H,2,6-8H2,1H3. The van der Waals surface area contributed by atoms with Gasteiger partial charge in [-0.05, 0) is 37.5 Å². The van der Waals surface area contributed by atoms with Gasteiger partial charge in [-0.2, -0.15) is 0 Å². The third-order valence-electron chi connectivity index (χ3n) is 3.02. The van der Waals surface area contributed by atoms with Crippen molar-refractivity contribution >= 4 is 0 Å². The number of hydrogen-bond donors (Lipinski definition) is 0. The van der Waals surface area contributed by atoms with Crippen molar-refractivity contribution in [2.45, 2.75) is 25.9 Å². The number of halogens is 1. The Morgan fingerprint density at radius 3 is 3.00 bits per heavy atom. The summed E-state index contributed by atoms with van der Waals surface area (Å²) in [6, 6.07) is 4.69. The second kappa shape index (κ2) is 4.52. The van der Waals surface area contributed by atoms with Crippen molar-refractivity contribution in [1.29, 1.82) is 0 Å². The second-order valence-electron chi connectivity index (χ2n) is 4.39. The summed E-state index contributed by atoms with van der Waals surface area (Å²) in [5.41, 5.74) is 1.25. The largest absolute Gasteiger partial charge is 0.494 e. The van der Waals surface area contributed by atoms with Crippen LogP contribution in [0.5, 0.6) is 11.5 Å². The number of benzene rings is 1. The zero-order chi connectivity index (χ0) is 12.5. The highest BCUT2D eigenvalue weighted by molar-refractivity contribution is 5.43. The van der Waals surface area contributed by atoms with Gasteiger partial charge in [0.25, 0.3) is 0 Å². The molecule has 2 aliphatic rings. The predicted molar refractivity (Wildman–Crippen MR) is 64.2 cm³/mol. The monoisotopic (exact) mass is 250 g/mol. The van der Waals surface area contributed by atoms with Gasteiger partial charge >= 0.3 is 0 Å². The lowest BCUT2D eigenvalue weighted by Crippen LogP contribution is -2.32. The van der Waals surface area contributed by atoms with E-state index in [4.69, 9.17) is 14.2 Å². The highest BCUT2D eigenvalue weighted by Gasteiger charge is 2.32. The van der Waals surface area contributed by atoms with Crippen LogP contribution in [-0.4, -0.2) is 19.3 Å². The summed E-state index contributed by atoms with van der Waals surface area (Å²) in [5, 5.41) is 0. The highest BCUT2D eigenvalue weighted by Crippen LogP contribution is 2.39. The summed E-state index contributed by atoms with van der Waals surface area (Å²) in [5.74, 6) is 1.08. The van der Waals surface area contributed by atoms with E-state index in [1.54, 1.807) is 12.1 Å². The Kier molecular flexibility index (Phi) is 2.86. The molecule has 18 heavy (non-hydrogen) atoms. The topological polar surface area (TPSA) is 27.7 Å². The Hall–Kier alpha value is -1.71. The van der Waals surface area contributed by atoms with Gasteiger partial charge in [0.15, 0.2) is 23.4 Å². The highest BCUT2D eigenvalue weighted by atomic mass is 19.1. The maximum Gasteiger partial charge on any atom is 0.198 e. The molecule has 3 nitrogen and oxygen atoms in total. The number of hydrogen-bond acceptors (Lipinski definition) is 3. The van der Waals surface area contributed by atoms with E-state index in [0.717, 1.165) is 18.6 Å². The molecule has 0 bridgehead atoms. The summed E-state index contributed by atoms with van der Waals surface area (Å²) in [7, 11) is 0. The zero-order valence-electron chi connectivity index (χ0n) is 10.2. The Labute approximate surface area is 105 Å². The fourth-order valence-electron chi connectivity index (χ4n) is 2.08. The Bertz CT molecular complexity index is 490. The molecule has 3 rings (SSSR count). The normalized spacial score (nSPS) is 20.6. The van der Waals surface area contributed by atoms with E-state index in [1.165, 1.54) is 11.6 Å². The SMILES string of the molecule is CCOC(=C1CC1)C1COc2cccc(F)c2O1. The Morgan fingerprint density at radius 1 is 1.44 bits per heavy atom. The fourth-order valence-corrected chi connectivity index (χ4v) is 2.08. The van der Waals surface area contributed by atoms with Gasteiger partial charge in [0.1, 0.15) is 12.4 Å². The number of para-hydroxylation sites is 1. The van der Waals surface area contributed by atoms with Crippen LogP contribution in [0.1, 0.15) is 19.8 Å². The molecule has 1 unspecified atom stereocenters. The van der Waals surface area contributed by atoms with Crippen molar-refractivity contribution in [3.8, 4) is 11.5 Å². The summed E-state index contributed by atoms with van der Waals surface area (Å²) < 4.78 is 30.5. The van der Waals surface area contributed by atoms with Gasteiger partial charge in [-0.3, -0.25) is 0 Å². The van der Waals surface area contributed by atoms with Crippen LogP contribution in [0.2, 0.25) is 0 Å². The maximum atomic E-state index is 13.6. The molecular formula is C14H15FO3. The lowest BCUT2D eigenvalue weighted by atomic mass is 10.2. The van der Waals surface area contributed by atoms with E-state index in [2.05, 4.69) is 0 Å². The zero-order valence-corrected chi connectivity index (χ0v) is 10.2. The van der Waals surface area contributed by atoms with Crippen molar-refractivity contribution in [2.24, 2.45) is 0 Å². The van der Waals surface area contributed by atoms with Crippen LogP contribution >= 0.6 is 0 Å². The average Bonchev–Trinajstić information content (AvgIpc) is 3.21. The molecule has 0 aromatic heterocycles. The molecule has 1 aromatic carbocycles. The molecular weight excluding hydrogens is 235 g/mol. The van der Waals surface area contributed by atoms with Crippen LogP contribution in [-0.2, 0) is 4.74 Å². The number of ether oxygens (including phenoxy) is 3. The Morgan fingerprint density at radius 2 is 2.28 bits per heavy atom. The first-order valence-electron chi connectivity index (χ1n) is 6.22. The van der Waals surface area contributed by atoms with Gasteiger partial charge < -0.3 is 14.2 Å². The fraction of sp³-hybridized carbons (Fsp3) is 0.429. The minimum atomic E-state index is -0.395. The van der Waals surface area contributed by atoms with E-state index in [-0.39, 0.29) is 11.9 Å². The second-order valence-corrected chi connectivity index (χ2v) is 4.39. The first kappa shape index (κ1) is 11.4. The third kappa shape index (κ3) is 2.03. The van der Waals surface area contributed by atoms with Crippen molar-refractivity contribution in [1.82, 2.24) is 0 Å². The van der Waals surface area contributed by atoms with E-state index in [1.807, 2.05) is 6.92 Å². The van der Waals surface area contributed by atoms with Gasteiger partial charge in [0.05, 0.1) is 6.61 Å². The van der Waals surface area contributed by atoms with Crippen LogP contribution in [0.4, 0.5) is 4.39 Å². The number of fused-ring (bicyclic) bond motifs is 1. The summed E-state index contributed by atoms with van der Waals surface area (Å²) in [6.45, 7) is 2.89. The van der Waals surface area contributed by atoms with E-state index in [9.17, 15) is 4.39 Å². The summed E-state index contributed by atoms with van der Waals surface area (Å²) >= 11 is 0. The third-order valence-corrected chi connectivity index (χ3v) is 3.02. The van der Waals surface area contributed by atoms with Crippen LogP contribution in [0.25, 0.3) is 0 Å². The molecule has 0 amide bonds. The summed E-state index contributed by atoms with van der Waals surface area (Å²) in [6.07, 6.45) is 1.75. The minimum Gasteiger partial charge on any atom is -0.494 e. The lowest BCUT2D eigenvalue weighted by molar-refractivity contribution is 0.0570. The molecule has 0 saturated heterocycles. The molecule has 1 saturated carbocycles. The number of allylic oxidation sites excluding steroid dienone is 1. The molecule has 0 radical (unpaired) electrons. The van der Waals surface area contributed by atoms with Crippen molar-refractivity contribution in [2.75, 3.05) is 13.2 Å². The molecule has 1 heterocycles. The molecule has 1 aliphatic heterocycles.